The predicted octanol–water partition coefficient (Wildman–Crippen LogP) is 2.79. The van der Waals surface area contributed by atoms with Gasteiger partial charge in [0.1, 0.15) is 18.0 Å². The summed E-state index contributed by atoms with van der Waals surface area (Å²) in [5.41, 5.74) is 0.126. The van der Waals surface area contributed by atoms with E-state index < -0.39 is 4.92 Å². The number of nitrogens with zero attached hydrogens (tertiary/aromatic N) is 6. The molecule has 0 bridgehead atoms. The molecule has 3 aromatic rings. The fourth-order valence-electron chi connectivity index (χ4n) is 3.24. The average Bonchev–Trinajstić information content (AvgIpc) is 3.28. The van der Waals surface area contributed by atoms with Crippen molar-refractivity contribution in [3.63, 3.8) is 0 Å². The lowest BCUT2D eigenvalue weighted by Crippen LogP contribution is -2.49. The fraction of sp³-hybridized carbons (Fsp3) is 0.211. The van der Waals surface area contributed by atoms with Crippen LogP contribution in [0.3, 0.4) is 0 Å². The van der Waals surface area contributed by atoms with Gasteiger partial charge in [-0.05, 0) is 18.2 Å². The van der Waals surface area contributed by atoms with Crippen molar-refractivity contribution in [3.05, 3.63) is 75.8 Å². The van der Waals surface area contributed by atoms with Crippen LogP contribution >= 0.6 is 11.6 Å². The highest BCUT2D eigenvalue weighted by atomic mass is 35.5. The van der Waals surface area contributed by atoms with E-state index in [0.29, 0.717) is 26.2 Å². The highest BCUT2D eigenvalue weighted by Gasteiger charge is 2.25. The van der Waals surface area contributed by atoms with Gasteiger partial charge in [0.05, 0.1) is 15.5 Å². The van der Waals surface area contributed by atoms with Crippen LogP contribution in [0.5, 0.6) is 0 Å². The van der Waals surface area contributed by atoms with Crippen molar-refractivity contribution in [2.45, 2.75) is 0 Å². The number of rotatable bonds is 4. The Bertz CT molecular complexity index is 1050. The number of nitro benzene ring substituents is 1. The number of anilines is 1. The molecule has 2 aromatic heterocycles. The molecule has 0 atom stereocenters. The summed E-state index contributed by atoms with van der Waals surface area (Å²) in [4.78, 5) is 35.5. The second-order valence-corrected chi connectivity index (χ2v) is 6.93. The maximum atomic E-state index is 12.8. The summed E-state index contributed by atoms with van der Waals surface area (Å²) in [6, 6.07) is 9.66. The highest BCUT2D eigenvalue weighted by Crippen LogP contribution is 2.24. The standard InChI is InChI=1S/C19H17ClN6O3/c20-16-11-14(26(28)29)3-4-15(16)19(27)25-9-7-24(8-10-25)18-12-17(21-13-22-18)23-5-1-2-6-23/h1-6,11-13H,7-10H2. The number of carbonyl (C=O) groups is 1. The number of nitro groups is 1. The van der Waals surface area contributed by atoms with Crippen LogP contribution < -0.4 is 4.90 Å². The Labute approximate surface area is 171 Å². The third-order valence-corrected chi connectivity index (χ3v) is 5.10. The van der Waals surface area contributed by atoms with Crippen molar-refractivity contribution in [1.29, 1.82) is 0 Å². The average molecular weight is 413 g/mol. The minimum Gasteiger partial charge on any atom is -0.353 e. The molecule has 0 radical (unpaired) electrons. The molecule has 10 heteroatoms. The SMILES string of the molecule is O=C(c1ccc([N+](=O)[O-])cc1Cl)N1CCN(c2cc(-n3cccc3)ncn2)CC1. The lowest BCUT2D eigenvalue weighted by atomic mass is 10.1. The Hall–Kier alpha value is -3.46. The normalized spacial score (nSPS) is 14.1. The largest absolute Gasteiger partial charge is 0.353 e. The van der Waals surface area contributed by atoms with E-state index in [4.69, 9.17) is 11.6 Å². The van der Waals surface area contributed by atoms with Gasteiger partial charge in [-0.3, -0.25) is 14.9 Å². The molecule has 1 amide bonds. The first kappa shape index (κ1) is 18.9. The lowest BCUT2D eigenvalue weighted by Gasteiger charge is -2.35. The van der Waals surface area contributed by atoms with E-state index in [2.05, 4.69) is 14.9 Å². The molecule has 148 valence electrons. The first-order valence-electron chi connectivity index (χ1n) is 8.96. The van der Waals surface area contributed by atoms with E-state index in [0.717, 1.165) is 11.6 Å². The molecule has 0 aliphatic carbocycles. The monoisotopic (exact) mass is 412 g/mol. The Morgan fingerprint density at radius 3 is 2.38 bits per heavy atom. The van der Waals surface area contributed by atoms with Gasteiger partial charge in [0.2, 0.25) is 0 Å². The number of hydrogen-bond acceptors (Lipinski definition) is 6. The van der Waals surface area contributed by atoms with Crippen LogP contribution in [0.2, 0.25) is 5.02 Å². The summed E-state index contributed by atoms with van der Waals surface area (Å²) in [5.74, 6) is 1.33. The molecule has 3 heterocycles. The molecule has 0 N–H and O–H groups in total. The number of carbonyl (C=O) groups excluding carboxylic acids is 1. The zero-order valence-corrected chi connectivity index (χ0v) is 16.1. The van der Waals surface area contributed by atoms with Crippen LogP contribution in [-0.2, 0) is 0 Å². The van der Waals surface area contributed by atoms with E-state index >= 15 is 0 Å². The van der Waals surface area contributed by atoms with Gasteiger partial charge in [-0.15, -0.1) is 0 Å². The fourth-order valence-corrected chi connectivity index (χ4v) is 3.49. The maximum Gasteiger partial charge on any atom is 0.270 e. The van der Waals surface area contributed by atoms with Crippen LogP contribution in [-0.4, -0.2) is 56.4 Å². The smallest absolute Gasteiger partial charge is 0.270 e. The molecule has 1 aliphatic heterocycles. The summed E-state index contributed by atoms with van der Waals surface area (Å²) in [7, 11) is 0. The van der Waals surface area contributed by atoms with Gasteiger partial charge in [0, 0.05) is 56.8 Å². The van der Waals surface area contributed by atoms with E-state index in [9.17, 15) is 14.9 Å². The molecule has 0 unspecified atom stereocenters. The first-order valence-corrected chi connectivity index (χ1v) is 9.34. The van der Waals surface area contributed by atoms with Gasteiger partial charge in [0.25, 0.3) is 11.6 Å². The summed E-state index contributed by atoms with van der Waals surface area (Å²) >= 11 is 6.10. The number of halogens is 1. The van der Waals surface area contributed by atoms with Gasteiger partial charge in [-0.1, -0.05) is 11.6 Å². The minimum absolute atomic E-state index is 0.0822. The number of benzene rings is 1. The molecule has 1 aliphatic rings. The van der Waals surface area contributed by atoms with Crippen LogP contribution in [0.25, 0.3) is 5.82 Å². The predicted molar refractivity (Wildman–Crippen MR) is 108 cm³/mol. The van der Waals surface area contributed by atoms with E-state index in [1.165, 1.54) is 24.5 Å². The first-order chi connectivity index (χ1) is 14.0. The van der Waals surface area contributed by atoms with Crippen LogP contribution in [0.4, 0.5) is 11.5 Å². The Kier molecular flexibility index (Phi) is 5.13. The highest BCUT2D eigenvalue weighted by molar-refractivity contribution is 6.34. The van der Waals surface area contributed by atoms with Crippen molar-refractivity contribution in [3.8, 4) is 5.82 Å². The van der Waals surface area contributed by atoms with Gasteiger partial charge < -0.3 is 14.4 Å². The third kappa shape index (κ3) is 3.90. The number of piperazine rings is 1. The topological polar surface area (TPSA) is 97.4 Å². The van der Waals surface area contributed by atoms with Crippen molar-refractivity contribution in [2.24, 2.45) is 0 Å². The summed E-state index contributed by atoms with van der Waals surface area (Å²) in [6.45, 7) is 2.21. The number of non-ortho nitro benzene ring substituents is 1. The van der Waals surface area contributed by atoms with Gasteiger partial charge >= 0.3 is 0 Å². The summed E-state index contributed by atoms with van der Waals surface area (Å²) in [6.07, 6.45) is 5.35. The summed E-state index contributed by atoms with van der Waals surface area (Å²) < 4.78 is 1.90. The van der Waals surface area contributed by atoms with Crippen molar-refractivity contribution in [2.75, 3.05) is 31.1 Å². The maximum absolute atomic E-state index is 12.8. The molecule has 29 heavy (non-hydrogen) atoms. The molecule has 0 spiro atoms. The molecular weight excluding hydrogens is 396 g/mol. The molecule has 4 rings (SSSR count). The zero-order chi connectivity index (χ0) is 20.4. The molecule has 1 aromatic carbocycles. The van der Waals surface area contributed by atoms with E-state index in [1.807, 2.05) is 35.2 Å². The number of amides is 1. The van der Waals surface area contributed by atoms with Crippen molar-refractivity contribution < 1.29 is 9.72 Å². The number of hydrogen-bond donors (Lipinski definition) is 0. The van der Waals surface area contributed by atoms with Gasteiger partial charge in [-0.25, -0.2) is 9.97 Å². The second-order valence-electron chi connectivity index (χ2n) is 6.53. The molecule has 1 saturated heterocycles. The second kappa shape index (κ2) is 7.88. The quantitative estimate of drug-likeness (QED) is 0.482. The van der Waals surface area contributed by atoms with Crippen LogP contribution in [0.15, 0.2) is 55.1 Å². The van der Waals surface area contributed by atoms with E-state index in [-0.39, 0.29) is 22.2 Å². The van der Waals surface area contributed by atoms with E-state index in [1.54, 1.807) is 4.90 Å². The lowest BCUT2D eigenvalue weighted by molar-refractivity contribution is -0.384. The zero-order valence-electron chi connectivity index (χ0n) is 15.3. The van der Waals surface area contributed by atoms with Gasteiger partial charge in [0.15, 0.2) is 0 Å². The minimum atomic E-state index is -0.539. The Morgan fingerprint density at radius 2 is 1.72 bits per heavy atom. The molecule has 9 nitrogen and oxygen atoms in total. The molecule has 0 saturated carbocycles. The molecular formula is C19H17ClN6O3. The van der Waals surface area contributed by atoms with Crippen molar-refractivity contribution in [1.82, 2.24) is 19.4 Å². The van der Waals surface area contributed by atoms with Crippen LogP contribution in [0.1, 0.15) is 10.4 Å². The van der Waals surface area contributed by atoms with Gasteiger partial charge in [-0.2, -0.15) is 0 Å². The van der Waals surface area contributed by atoms with Crippen molar-refractivity contribution >= 4 is 29.0 Å². The van der Waals surface area contributed by atoms with Crippen LogP contribution in [0, 0.1) is 10.1 Å². The Balaban J connectivity index is 1.44. The Morgan fingerprint density at radius 1 is 1.03 bits per heavy atom. The number of aromatic nitrogens is 3. The summed E-state index contributed by atoms with van der Waals surface area (Å²) in [5, 5.41) is 10.9. The third-order valence-electron chi connectivity index (χ3n) is 4.79. The molecule has 1 fully saturated rings.